The van der Waals surface area contributed by atoms with Crippen molar-refractivity contribution >= 4 is 39.0 Å². The summed E-state index contributed by atoms with van der Waals surface area (Å²) in [6, 6.07) is 18.1. The first-order valence-corrected chi connectivity index (χ1v) is 10.6. The number of amides is 1. The van der Waals surface area contributed by atoms with Gasteiger partial charge in [0.25, 0.3) is 5.56 Å². The molecule has 8 heteroatoms. The van der Waals surface area contributed by atoms with E-state index in [4.69, 9.17) is 4.74 Å². The fraction of sp³-hybridized carbons (Fsp3) is 0.130. The number of carbonyl (C=O) groups excluding carboxylic acids is 2. The van der Waals surface area contributed by atoms with Gasteiger partial charge in [-0.05, 0) is 24.6 Å². The van der Waals surface area contributed by atoms with Gasteiger partial charge >= 0.3 is 5.97 Å². The molecule has 0 saturated carbocycles. The number of nitrogens with zero attached hydrogens (tertiary/aromatic N) is 2. The van der Waals surface area contributed by atoms with E-state index in [1.807, 2.05) is 36.4 Å². The molecule has 0 saturated heterocycles. The lowest BCUT2D eigenvalue weighted by Gasteiger charge is -2.10. The average molecular weight is 433 g/mol. The van der Waals surface area contributed by atoms with Crippen molar-refractivity contribution < 1.29 is 14.3 Å². The highest BCUT2D eigenvalue weighted by molar-refractivity contribution is 7.16. The average Bonchev–Trinajstić information content (AvgIpc) is 3.19. The molecule has 1 N–H and O–H groups in total. The van der Waals surface area contributed by atoms with Crippen LogP contribution in [0.25, 0.3) is 16.5 Å². The summed E-state index contributed by atoms with van der Waals surface area (Å²) in [4.78, 5) is 38.4. The Hall–Kier alpha value is -3.78. The van der Waals surface area contributed by atoms with E-state index in [-0.39, 0.29) is 30.0 Å². The topological polar surface area (TPSA) is 90.3 Å². The summed E-state index contributed by atoms with van der Waals surface area (Å²) in [5.74, 6) is -0.882. The van der Waals surface area contributed by atoms with Gasteiger partial charge in [0.15, 0.2) is 5.69 Å². The molecule has 0 bridgehead atoms. The number of ether oxygens (including phenoxy) is 1. The van der Waals surface area contributed by atoms with Gasteiger partial charge in [-0.25, -0.2) is 4.79 Å². The third kappa shape index (κ3) is 4.24. The number of aromatic nitrogens is 2. The fourth-order valence-electron chi connectivity index (χ4n) is 3.19. The van der Waals surface area contributed by atoms with Crippen LogP contribution in [0.3, 0.4) is 0 Å². The molecule has 4 rings (SSSR count). The zero-order valence-corrected chi connectivity index (χ0v) is 17.5. The molecule has 1 amide bonds. The van der Waals surface area contributed by atoms with Gasteiger partial charge in [-0.2, -0.15) is 9.78 Å². The minimum absolute atomic E-state index is 0.0279. The van der Waals surface area contributed by atoms with Crippen molar-refractivity contribution in [1.82, 2.24) is 9.78 Å². The molecule has 156 valence electrons. The van der Waals surface area contributed by atoms with E-state index in [9.17, 15) is 14.4 Å². The summed E-state index contributed by atoms with van der Waals surface area (Å²) in [5.41, 5.74) is 0.967. The normalized spacial score (nSPS) is 10.7. The van der Waals surface area contributed by atoms with Crippen molar-refractivity contribution in [2.24, 2.45) is 0 Å². The van der Waals surface area contributed by atoms with Gasteiger partial charge in [0.1, 0.15) is 5.00 Å². The number of benzene rings is 2. The van der Waals surface area contributed by atoms with E-state index in [0.717, 1.165) is 10.2 Å². The van der Waals surface area contributed by atoms with E-state index in [2.05, 4.69) is 10.4 Å². The minimum Gasteiger partial charge on any atom is -0.461 e. The summed E-state index contributed by atoms with van der Waals surface area (Å²) >= 11 is 1.18. The molecular weight excluding hydrogens is 414 g/mol. The van der Waals surface area contributed by atoms with E-state index in [0.29, 0.717) is 16.1 Å². The Morgan fingerprint density at radius 1 is 1.06 bits per heavy atom. The fourth-order valence-corrected chi connectivity index (χ4v) is 4.14. The number of hydrogen-bond acceptors (Lipinski definition) is 6. The molecule has 4 aromatic rings. The molecule has 0 fully saturated rings. The van der Waals surface area contributed by atoms with Crippen LogP contribution in [0.5, 0.6) is 0 Å². The van der Waals surface area contributed by atoms with Crippen LogP contribution >= 0.6 is 11.3 Å². The van der Waals surface area contributed by atoms with Crippen LogP contribution in [-0.2, 0) is 16.0 Å². The third-order valence-electron chi connectivity index (χ3n) is 4.58. The summed E-state index contributed by atoms with van der Waals surface area (Å²) in [6.07, 6.45) is 0.170. The maximum absolute atomic E-state index is 13.3. The van der Waals surface area contributed by atoms with Crippen LogP contribution < -0.4 is 10.9 Å². The largest absolute Gasteiger partial charge is 0.461 e. The van der Waals surface area contributed by atoms with Crippen molar-refractivity contribution in [3.05, 3.63) is 87.7 Å². The molecule has 2 aromatic carbocycles. The van der Waals surface area contributed by atoms with Crippen molar-refractivity contribution in [2.75, 3.05) is 11.9 Å². The van der Waals surface area contributed by atoms with Gasteiger partial charge < -0.3 is 10.1 Å². The second kappa shape index (κ2) is 8.93. The Morgan fingerprint density at radius 3 is 2.42 bits per heavy atom. The highest BCUT2D eigenvalue weighted by Crippen LogP contribution is 2.30. The van der Waals surface area contributed by atoms with Crippen LogP contribution in [0.1, 0.15) is 23.0 Å². The molecule has 0 spiro atoms. The van der Waals surface area contributed by atoms with Crippen LogP contribution in [0.15, 0.2) is 70.8 Å². The van der Waals surface area contributed by atoms with E-state index in [1.54, 1.807) is 36.6 Å². The second-order valence-electron chi connectivity index (χ2n) is 6.69. The van der Waals surface area contributed by atoms with Gasteiger partial charge in [-0.15, -0.1) is 11.3 Å². The molecule has 0 atom stereocenters. The number of fused-ring (bicyclic) bond motifs is 1. The summed E-state index contributed by atoms with van der Waals surface area (Å²) < 4.78 is 6.30. The lowest BCUT2D eigenvalue weighted by Crippen LogP contribution is -2.25. The van der Waals surface area contributed by atoms with Crippen LogP contribution in [0, 0.1) is 0 Å². The van der Waals surface area contributed by atoms with Gasteiger partial charge in [0.05, 0.1) is 24.1 Å². The Morgan fingerprint density at radius 2 is 1.74 bits per heavy atom. The van der Waals surface area contributed by atoms with Crippen LogP contribution in [-0.4, -0.2) is 28.3 Å². The number of para-hydroxylation sites is 1. The lowest BCUT2D eigenvalue weighted by molar-refractivity contribution is -0.115. The minimum atomic E-state index is -0.628. The lowest BCUT2D eigenvalue weighted by atomic mass is 10.1. The van der Waals surface area contributed by atoms with Crippen molar-refractivity contribution in [3.63, 3.8) is 0 Å². The molecule has 2 heterocycles. The first kappa shape index (κ1) is 20.5. The Labute approximate surface area is 181 Å². The van der Waals surface area contributed by atoms with Gasteiger partial charge in [0.2, 0.25) is 5.91 Å². The van der Waals surface area contributed by atoms with Crippen LogP contribution in [0.4, 0.5) is 5.00 Å². The predicted octanol–water partition coefficient (Wildman–Crippen LogP) is 3.81. The Balaban J connectivity index is 1.80. The SMILES string of the molecule is CCOC(=O)c1nn(-c2ccccc2)c(=O)c2c(NC(=O)Cc3ccccc3)scc12. The number of nitrogens with one attached hydrogen (secondary N) is 1. The maximum Gasteiger partial charge on any atom is 0.359 e. The van der Waals surface area contributed by atoms with Crippen molar-refractivity contribution in [2.45, 2.75) is 13.3 Å². The van der Waals surface area contributed by atoms with Crippen molar-refractivity contribution in [1.29, 1.82) is 0 Å². The molecule has 0 aliphatic rings. The Kier molecular flexibility index (Phi) is 5.90. The van der Waals surface area contributed by atoms with E-state index >= 15 is 0 Å². The van der Waals surface area contributed by atoms with Crippen molar-refractivity contribution in [3.8, 4) is 5.69 Å². The summed E-state index contributed by atoms with van der Waals surface area (Å²) in [6.45, 7) is 1.88. The molecule has 2 aromatic heterocycles. The number of rotatable bonds is 6. The number of esters is 1. The summed E-state index contributed by atoms with van der Waals surface area (Å²) in [7, 11) is 0. The Bertz CT molecular complexity index is 1300. The highest BCUT2D eigenvalue weighted by atomic mass is 32.1. The second-order valence-corrected chi connectivity index (χ2v) is 7.57. The summed E-state index contributed by atoms with van der Waals surface area (Å²) in [5, 5.41) is 9.69. The van der Waals surface area contributed by atoms with Gasteiger partial charge in [0, 0.05) is 10.8 Å². The highest BCUT2D eigenvalue weighted by Gasteiger charge is 2.23. The first-order chi connectivity index (χ1) is 15.1. The molecular formula is C23H19N3O4S. The van der Waals surface area contributed by atoms with E-state index < -0.39 is 11.5 Å². The smallest absolute Gasteiger partial charge is 0.359 e. The van der Waals surface area contributed by atoms with Gasteiger partial charge in [-0.3, -0.25) is 9.59 Å². The third-order valence-corrected chi connectivity index (χ3v) is 5.48. The zero-order chi connectivity index (χ0) is 21.8. The van der Waals surface area contributed by atoms with Gasteiger partial charge in [-0.1, -0.05) is 48.5 Å². The first-order valence-electron chi connectivity index (χ1n) is 9.69. The molecule has 0 aliphatic carbocycles. The standard InChI is InChI=1S/C23H19N3O4S/c1-2-30-23(29)20-17-14-31-21(24-18(27)13-15-9-5-3-6-10-15)19(17)22(28)26(25-20)16-11-7-4-8-12-16/h3-12,14H,2,13H2,1H3,(H,24,27). The van der Waals surface area contributed by atoms with E-state index in [1.165, 1.54) is 11.3 Å². The number of carbonyl (C=O) groups is 2. The zero-order valence-electron chi connectivity index (χ0n) is 16.7. The van der Waals surface area contributed by atoms with Crippen LogP contribution in [0.2, 0.25) is 0 Å². The molecule has 0 aliphatic heterocycles. The monoisotopic (exact) mass is 433 g/mol. The number of hydrogen-bond donors (Lipinski definition) is 1. The number of thiophene rings is 1. The quantitative estimate of drug-likeness (QED) is 0.467. The molecule has 0 radical (unpaired) electrons. The predicted molar refractivity (Wildman–Crippen MR) is 120 cm³/mol. The number of anilines is 1. The molecule has 0 unspecified atom stereocenters. The molecule has 7 nitrogen and oxygen atoms in total. The maximum atomic E-state index is 13.3. The molecule has 31 heavy (non-hydrogen) atoms.